The first-order chi connectivity index (χ1) is 8.98. The van der Waals surface area contributed by atoms with Gasteiger partial charge in [-0.1, -0.05) is 31.2 Å². The molecule has 1 atom stereocenters. The van der Waals surface area contributed by atoms with Crippen LogP contribution in [0.15, 0.2) is 24.3 Å². The molecule has 0 fully saturated rings. The molecular formula is C16H27NO2. The monoisotopic (exact) mass is 265 g/mol. The molecule has 0 spiro atoms. The third-order valence-electron chi connectivity index (χ3n) is 3.57. The smallest absolute Gasteiger partial charge is 0.0716 e. The Balaban J connectivity index is 2.34. The maximum absolute atomic E-state index is 5.68. The highest BCUT2D eigenvalue weighted by molar-refractivity contribution is 5.24. The number of ether oxygens (including phenoxy) is 2. The van der Waals surface area contributed by atoms with Crippen molar-refractivity contribution >= 4 is 0 Å². The van der Waals surface area contributed by atoms with Crippen LogP contribution in [-0.2, 0) is 16.1 Å². The lowest BCUT2D eigenvalue weighted by Crippen LogP contribution is -2.24. The fraction of sp³-hybridized carbons (Fsp3) is 0.625. The average molecular weight is 265 g/mol. The van der Waals surface area contributed by atoms with Crippen LogP contribution in [0.5, 0.6) is 0 Å². The van der Waals surface area contributed by atoms with E-state index in [-0.39, 0.29) is 5.60 Å². The predicted molar refractivity (Wildman–Crippen MR) is 79.3 cm³/mol. The van der Waals surface area contributed by atoms with Crippen LogP contribution in [0.2, 0.25) is 0 Å². The third kappa shape index (κ3) is 5.72. The maximum Gasteiger partial charge on any atom is 0.0716 e. The molecule has 0 radical (unpaired) electrons. The Kier molecular flexibility index (Phi) is 6.49. The van der Waals surface area contributed by atoms with Gasteiger partial charge < -0.3 is 15.2 Å². The van der Waals surface area contributed by atoms with Crippen LogP contribution in [0.3, 0.4) is 0 Å². The summed E-state index contributed by atoms with van der Waals surface area (Å²) in [7, 11) is 1.73. The molecule has 3 nitrogen and oxygen atoms in total. The topological polar surface area (TPSA) is 44.5 Å². The molecule has 1 unspecified atom stereocenters. The molecule has 0 amide bonds. The van der Waals surface area contributed by atoms with Crippen molar-refractivity contribution in [2.75, 3.05) is 20.3 Å². The van der Waals surface area contributed by atoms with E-state index in [1.807, 2.05) is 0 Å². The second-order valence-electron chi connectivity index (χ2n) is 5.64. The highest BCUT2D eigenvalue weighted by Gasteiger charge is 2.15. The molecule has 1 rings (SSSR count). The fourth-order valence-corrected chi connectivity index (χ4v) is 1.69. The van der Waals surface area contributed by atoms with Crippen LogP contribution in [0.1, 0.15) is 44.2 Å². The number of methoxy groups -OCH3 is 1. The number of nitrogens with two attached hydrogens (primary N) is 1. The number of rotatable bonds is 8. The lowest BCUT2D eigenvalue weighted by molar-refractivity contribution is -0.0124. The van der Waals surface area contributed by atoms with Crippen molar-refractivity contribution < 1.29 is 9.47 Å². The Morgan fingerprint density at radius 1 is 1.21 bits per heavy atom. The molecule has 0 bridgehead atoms. The highest BCUT2D eigenvalue weighted by atomic mass is 16.5. The van der Waals surface area contributed by atoms with Gasteiger partial charge in [-0.05, 0) is 43.9 Å². The lowest BCUT2D eigenvalue weighted by atomic mass is 10.0. The van der Waals surface area contributed by atoms with Crippen molar-refractivity contribution in [1.82, 2.24) is 0 Å². The quantitative estimate of drug-likeness (QED) is 0.735. The maximum atomic E-state index is 5.68. The largest absolute Gasteiger partial charge is 0.379 e. The molecular weight excluding hydrogens is 238 g/mol. The van der Waals surface area contributed by atoms with E-state index >= 15 is 0 Å². The van der Waals surface area contributed by atoms with Crippen molar-refractivity contribution in [3.05, 3.63) is 35.4 Å². The average Bonchev–Trinajstić information content (AvgIpc) is 2.43. The van der Waals surface area contributed by atoms with Gasteiger partial charge >= 0.3 is 0 Å². The van der Waals surface area contributed by atoms with Crippen LogP contribution < -0.4 is 5.73 Å². The van der Waals surface area contributed by atoms with Gasteiger partial charge in [-0.3, -0.25) is 0 Å². The van der Waals surface area contributed by atoms with Crippen molar-refractivity contribution in [2.24, 2.45) is 5.73 Å². The highest BCUT2D eigenvalue weighted by Crippen LogP contribution is 2.16. The van der Waals surface area contributed by atoms with Gasteiger partial charge in [-0.2, -0.15) is 0 Å². The Labute approximate surface area is 117 Å². The van der Waals surface area contributed by atoms with E-state index < -0.39 is 0 Å². The van der Waals surface area contributed by atoms with Gasteiger partial charge in [0.15, 0.2) is 0 Å². The second kappa shape index (κ2) is 7.63. The van der Waals surface area contributed by atoms with Crippen LogP contribution in [0.4, 0.5) is 0 Å². The van der Waals surface area contributed by atoms with Gasteiger partial charge in [-0.15, -0.1) is 0 Å². The van der Waals surface area contributed by atoms with Crippen LogP contribution in [0, 0.1) is 0 Å². The van der Waals surface area contributed by atoms with Gasteiger partial charge in [0, 0.05) is 13.7 Å². The molecule has 0 aliphatic rings. The Bertz CT molecular complexity index is 360. The summed E-state index contributed by atoms with van der Waals surface area (Å²) in [5, 5.41) is 0. The predicted octanol–water partition coefficient (Wildman–Crippen LogP) is 3.08. The Hall–Kier alpha value is -0.900. The number of benzene rings is 1. The van der Waals surface area contributed by atoms with Crippen LogP contribution in [-0.4, -0.2) is 25.9 Å². The summed E-state index contributed by atoms with van der Waals surface area (Å²) in [5.74, 6) is 0.414. The second-order valence-corrected chi connectivity index (χ2v) is 5.64. The zero-order chi connectivity index (χ0) is 14.3. The minimum absolute atomic E-state index is 0.111. The molecule has 0 aliphatic carbocycles. The zero-order valence-corrected chi connectivity index (χ0v) is 12.6. The fourth-order valence-electron chi connectivity index (χ4n) is 1.69. The van der Waals surface area contributed by atoms with Crippen molar-refractivity contribution in [3.63, 3.8) is 0 Å². The first-order valence-electron chi connectivity index (χ1n) is 6.90. The summed E-state index contributed by atoms with van der Waals surface area (Å²) in [6, 6.07) is 8.50. The molecule has 0 saturated heterocycles. The van der Waals surface area contributed by atoms with E-state index in [9.17, 15) is 0 Å². The van der Waals surface area contributed by atoms with Gasteiger partial charge in [0.2, 0.25) is 0 Å². The Morgan fingerprint density at radius 2 is 1.84 bits per heavy atom. The van der Waals surface area contributed by atoms with E-state index in [2.05, 4.69) is 45.0 Å². The van der Waals surface area contributed by atoms with Gasteiger partial charge in [0.05, 0.1) is 12.2 Å². The van der Waals surface area contributed by atoms with E-state index in [4.69, 9.17) is 15.2 Å². The van der Waals surface area contributed by atoms with Crippen LogP contribution in [0.25, 0.3) is 0 Å². The third-order valence-corrected chi connectivity index (χ3v) is 3.57. The van der Waals surface area contributed by atoms with Crippen molar-refractivity contribution in [2.45, 2.75) is 45.3 Å². The van der Waals surface area contributed by atoms with Crippen LogP contribution >= 0.6 is 0 Å². The van der Waals surface area contributed by atoms with Gasteiger partial charge in [0.1, 0.15) is 0 Å². The number of hydrogen-bond acceptors (Lipinski definition) is 3. The molecule has 19 heavy (non-hydrogen) atoms. The van der Waals surface area contributed by atoms with E-state index in [1.165, 1.54) is 11.1 Å². The van der Waals surface area contributed by atoms with Gasteiger partial charge in [-0.25, -0.2) is 0 Å². The molecule has 0 heterocycles. The lowest BCUT2D eigenvalue weighted by Gasteiger charge is -2.22. The van der Waals surface area contributed by atoms with E-state index in [0.29, 0.717) is 25.7 Å². The molecule has 3 heteroatoms. The minimum Gasteiger partial charge on any atom is -0.379 e. The summed E-state index contributed by atoms with van der Waals surface area (Å²) in [5.41, 5.74) is 8.03. The summed E-state index contributed by atoms with van der Waals surface area (Å²) in [4.78, 5) is 0. The number of hydrogen-bond donors (Lipinski definition) is 1. The van der Waals surface area contributed by atoms with Crippen molar-refractivity contribution in [3.8, 4) is 0 Å². The summed E-state index contributed by atoms with van der Waals surface area (Å²) < 4.78 is 11.0. The molecule has 0 saturated carbocycles. The summed E-state index contributed by atoms with van der Waals surface area (Å²) in [6.45, 7) is 8.32. The molecule has 2 N–H and O–H groups in total. The summed E-state index contributed by atoms with van der Waals surface area (Å²) in [6.07, 6.45) is 0.895. The normalized spacial score (nSPS) is 13.5. The molecule has 1 aromatic rings. The SMILES string of the molecule is COC(C)(C)CCOCc1ccc(C(C)CN)cc1. The molecule has 0 aromatic heterocycles. The Morgan fingerprint density at radius 3 is 2.37 bits per heavy atom. The standard InChI is InChI=1S/C16H27NO2/c1-13(11-17)15-7-5-14(6-8-15)12-19-10-9-16(2,3)18-4/h5-8,13H,9-12,17H2,1-4H3. The van der Waals surface area contributed by atoms with Crippen molar-refractivity contribution in [1.29, 1.82) is 0 Å². The molecule has 1 aromatic carbocycles. The molecule has 108 valence electrons. The minimum atomic E-state index is -0.111. The first-order valence-corrected chi connectivity index (χ1v) is 6.90. The van der Waals surface area contributed by atoms with Gasteiger partial charge in [0.25, 0.3) is 0 Å². The molecule has 0 aliphatic heterocycles. The first kappa shape index (κ1) is 16.2. The van der Waals surface area contributed by atoms with E-state index in [0.717, 1.165) is 6.42 Å². The summed E-state index contributed by atoms with van der Waals surface area (Å²) >= 11 is 0. The van der Waals surface area contributed by atoms with E-state index in [1.54, 1.807) is 7.11 Å². The zero-order valence-electron chi connectivity index (χ0n) is 12.6.